The zero-order chi connectivity index (χ0) is 16.2. The zero-order valence-corrected chi connectivity index (χ0v) is 13.2. The molecule has 0 radical (unpaired) electrons. The quantitative estimate of drug-likeness (QED) is 0.920. The van der Waals surface area contributed by atoms with Gasteiger partial charge in [-0.25, -0.2) is 4.98 Å². The number of carbonyl (C=O) groups is 1. The number of carboxylic acid groups (broad SMARTS) is 1. The lowest BCUT2D eigenvalue weighted by atomic mass is 10.2. The van der Waals surface area contributed by atoms with E-state index in [1.165, 1.54) is 0 Å². The molecule has 0 saturated carbocycles. The van der Waals surface area contributed by atoms with Crippen LogP contribution in [-0.2, 0) is 11.3 Å². The number of carboxylic acids is 1. The van der Waals surface area contributed by atoms with Crippen LogP contribution in [-0.4, -0.2) is 40.6 Å². The first-order valence-corrected chi connectivity index (χ1v) is 7.86. The number of pyridine rings is 1. The second kappa shape index (κ2) is 6.79. The minimum atomic E-state index is -0.726. The van der Waals surface area contributed by atoms with Crippen molar-refractivity contribution < 1.29 is 9.90 Å². The Bertz CT molecular complexity index is 658. The molecule has 1 aromatic carbocycles. The van der Waals surface area contributed by atoms with Crippen molar-refractivity contribution in [2.24, 2.45) is 0 Å². The smallest absolute Gasteiger partial charge is 0.320 e. The van der Waals surface area contributed by atoms with Gasteiger partial charge in [-0.05, 0) is 43.1 Å². The van der Waals surface area contributed by atoms with Gasteiger partial charge in [-0.2, -0.15) is 0 Å². The molecule has 1 saturated heterocycles. The van der Waals surface area contributed by atoms with Gasteiger partial charge in [0.1, 0.15) is 11.9 Å². The molecular weight excluding hydrogens is 290 g/mol. The van der Waals surface area contributed by atoms with Crippen LogP contribution in [0.5, 0.6) is 0 Å². The Hall–Kier alpha value is -2.40. The molecule has 1 N–H and O–H groups in total. The number of likely N-dealkylation sites (tertiary alicyclic amines) is 1. The number of anilines is 2. The summed E-state index contributed by atoms with van der Waals surface area (Å²) in [7, 11) is 1.98. The fourth-order valence-corrected chi connectivity index (χ4v) is 3.02. The molecule has 1 atom stereocenters. The molecule has 5 nitrogen and oxygen atoms in total. The van der Waals surface area contributed by atoms with E-state index < -0.39 is 5.97 Å². The summed E-state index contributed by atoms with van der Waals surface area (Å²) in [6.45, 7) is 1.47. The predicted molar refractivity (Wildman–Crippen MR) is 89.8 cm³/mol. The van der Waals surface area contributed by atoms with Crippen LogP contribution in [0.3, 0.4) is 0 Å². The third-order valence-corrected chi connectivity index (χ3v) is 4.33. The standard InChI is InChI=1S/C18H21N3O2/c1-20(15-6-3-2-4-7-15)17-10-9-14(12-19-17)13-21-11-5-8-16(21)18(22)23/h2-4,6-7,9-10,12,16H,5,8,11,13H2,1H3,(H,22,23)/t16-/m1/s1. The molecule has 5 heteroatoms. The van der Waals surface area contributed by atoms with Crippen LogP contribution >= 0.6 is 0 Å². The molecule has 1 aliphatic heterocycles. The number of aromatic nitrogens is 1. The van der Waals surface area contributed by atoms with Crippen molar-refractivity contribution >= 4 is 17.5 Å². The molecular formula is C18H21N3O2. The highest BCUT2D eigenvalue weighted by Gasteiger charge is 2.30. The molecule has 0 aliphatic carbocycles. The fourth-order valence-electron chi connectivity index (χ4n) is 3.02. The maximum Gasteiger partial charge on any atom is 0.320 e. The van der Waals surface area contributed by atoms with Gasteiger partial charge in [0.25, 0.3) is 0 Å². The molecule has 1 aromatic heterocycles. The minimum absolute atomic E-state index is 0.360. The highest BCUT2D eigenvalue weighted by Crippen LogP contribution is 2.23. The number of rotatable bonds is 5. The zero-order valence-electron chi connectivity index (χ0n) is 13.2. The molecule has 120 valence electrons. The Balaban J connectivity index is 1.69. The molecule has 0 bridgehead atoms. The van der Waals surface area contributed by atoms with E-state index in [0.717, 1.165) is 36.5 Å². The summed E-state index contributed by atoms with van der Waals surface area (Å²) in [5.74, 6) is 0.145. The van der Waals surface area contributed by atoms with Crippen molar-refractivity contribution in [3.8, 4) is 0 Å². The number of aliphatic carboxylic acids is 1. The summed E-state index contributed by atoms with van der Waals surface area (Å²) in [4.78, 5) is 19.8. The lowest BCUT2D eigenvalue weighted by molar-refractivity contribution is -0.142. The van der Waals surface area contributed by atoms with Crippen molar-refractivity contribution in [3.63, 3.8) is 0 Å². The minimum Gasteiger partial charge on any atom is -0.480 e. The van der Waals surface area contributed by atoms with E-state index in [2.05, 4.69) is 4.98 Å². The highest BCUT2D eigenvalue weighted by molar-refractivity contribution is 5.73. The first kappa shape index (κ1) is 15.5. The number of hydrogen-bond acceptors (Lipinski definition) is 4. The maximum absolute atomic E-state index is 11.2. The highest BCUT2D eigenvalue weighted by atomic mass is 16.4. The summed E-state index contributed by atoms with van der Waals surface area (Å²) in [5.41, 5.74) is 2.13. The van der Waals surface area contributed by atoms with Gasteiger partial charge >= 0.3 is 5.97 Å². The Morgan fingerprint density at radius 1 is 1.30 bits per heavy atom. The first-order valence-electron chi connectivity index (χ1n) is 7.86. The van der Waals surface area contributed by atoms with E-state index in [4.69, 9.17) is 0 Å². The van der Waals surface area contributed by atoms with E-state index in [1.807, 2.05) is 65.5 Å². The van der Waals surface area contributed by atoms with Crippen molar-refractivity contribution in [2.75, 3.05) is 18.5 Å². The SMILES string of the molecule is CN(c1ccccc1)c1ccc(CN2CCC[C@@H]2C(=O)O)cn1. The summed E-state index contributed by atoms with van der Waals surface area (Å²) in [5, 5.41) is 9.24. The van der Waals surface area contributed by atoms with Crippen molar-refractivity contribution in [2.45, 2.75) is 25.4 Å². The average Bonchev–Trinajstić information content (AvgIpc) is 3.04. The van der Waals surface area contributed by atoms with Crippen LogP contribution in [0.2, 0.25) is 0 Å². The lowest BCUT2D eigenvalue weighted by Crippen LogP contribution is -2.35. The molecule has 2 aromatic rings. The number of hydrogen-bond donors (Lipinski definition) is 1. The Morgan fingerprint density at radius 2 is 2.09 bits per heavy atom. The van der Waals surface area contributed by atoms with E-state index >= 15 is 0 Å². The van der Waals surface area contributed by atoms with Gasteiger partial charge in [0, 0.05) is 25.5 Å². The summed E-state index contributed by atoms with van der Waals surface area (Å²) < 4.78 is 0. The monoisotopic (exact) mass is 311 g/mol. The van der Waals surface area contributed by atoms with Gasteiger partial charge in [0.05, 0.1) is 0 Å². The van der Waals surface area contributed by atoms with Gasteiger partial charge in [0.2, 0.25) is 0 Å². The van der Waals surface area contributed by atoms with Crippen LogP contribution < -0.4 is 4.90 Å². The second-order valence-electron chi connectivity index (χ2n) is 5.89. The number of nitrogens with zero attached hydrogens (tertiary/aromatic N) is 3. The molecule has 0 amide bonds. The van der Waals surface area contributed by atoms with E-state index in [-0.39, 0.29) is 6.04 Å². The van der Waals surface area contributed by atoms with Crippen LogP contribution in [0, 0.1) is 0 Å². The van der Waals surface area contributed by atoms with Crippen molar-refractivity contribution in [3.05, 3.63) is 54.2 Å². The normalized spacial score (nSPS) is 18.0. The number of para-hydroxylation sites is 1. The molecule has 0 unspecified atom stereocenters. The largest absolute Gasteiger partial charge is 0.480 e. The predicted octanol–water partition coefficient (Wildman–Crippen LogP) is 2.90. The average molecular weight is 311 g/mol. The Morgan fingerprint density at radius 3 is 2.74 bits per heavy atom. The van der Waals surface area contributed by atoms with E-state index in [9.17, 15) is 9.90 Å². The fraction of sp³-hybridized carbons (Fsp3) is 0.333. The van der Waals surface area contributed by atoms with Gasteiger partial charge in [0.15, 0.2) is 0 Å². The van der Waals surface area contributed by atoms with Gasteiger partial charge in [-0.3, -0.25) is 9.69 Å². The molecule has 1 fully saturated rings. The lowest BCUT2D eigenvalue weighted by Gasteiger charge is -2.22. The van der Waals surface area contributed by atoms with Crippen LogP contribution in [0.25, 0.3) is 0 Å². The third kappa shape index (κ3) is 3.51. The maximum atomic E-state index is 11.2. The summed E-state index contributed by atoms with van der Waals surface area (Å²) in [6.07, 6.45) is 3.52. The summed E-state index contributed by atoms with van der Waals surface area (Å²) >= 11 is 0. The molecule has 3 rings (SSSR count). The molecule has 0 spiro atoms. The Kier molecular flexibility index (Phi) is 4.57. The van der Waals surface area contributed by atoms with Crippen molar-refractivity contribution in [1.82, 2.24) is 9.88 Å². The topological polar surface area (TPSA) is 56.7 Å². The van der Waals surface area contributed by atoms with E-state index in [0.29, 0.717) is 6.54 Å². The van der Waals surface area contributed by atoms with Crippen LogP contribution in [0.1, 0.15) is 18.4 Å². The van der Waals surface area contributed by atoms with Crippen molar-refractivity contribution in [1.29, 1.82) is 0 Å². The second-order valence-corrected chi connectivity index (χ2v) is 5.89. The van der Waals surface area contributed by atoms with Gasteiger partial charge in [-0.1, -0.05) is 24.3 Å². The van der Waals surface area contributed by atoms with Gasteiger partial charge < -0.3 is 10.0 Å². The van der Waals surface area contributed by atoms with Gasteiger partial charge in [-0.15, -0.1) is 0 Å². The molecule has 1 aliphatic rings. The Labute approximate surface area is 136 Å². The van der Waals surface area contributed by atoms with E-state index in [1.54, 1.807) is 0 Å². The third-order valence-electron chi connectivity index (χ3n) is 4.33. The number of benzene rings is 1. The molecule has 2 heterocycles. The first-order chi connectivity index (χ1) is 11.1. The molecule has 23 heavy (non-hydrogen) atoms. The summed E-state index contributed by atoms with van der Waals surface area (Å²) in [6, 6.07) is 13.7. The van der Waals surface area contributed by atoms with Crippen LogP contribution in [0.4, 0.5) is 11.5 Å². The van der Waals surface area contributed by atoms with Crippen LogP contribution in [0.15, 0.2) is 48.7 Å².